The highest BCUT2D eigenvalue weighted by Gasteiger charge is 2.34. The topological polar surface area (TPSA) is 23.5 Å². The van der Waals surface area contributed by atoms with E-state index in [-0.39, 0.29) is 5.54 Å². The second-order valence-electron chi connectivity index (χ2n) is 6.11. The van der Waals surface area contributed by atoms with Crippen LogP contribution >= 0.6 is 0 Å². The third kappa shape index (κ3) is 2.96. The first kappa shape index (κ1) is 12.0. The summed E-state index contributed by atoms with van der Waals surface area (Å²) in [5, 5.41) is 10.00. The Balaban J connectivity index is 2.61. The Labute approximate surface area is 88.3 Å². The first-order valence-electron chi connectivity index (χ1n) is 5.68. The fourth-order valence-electron chi connectivity index (χ4n) is 2.16. The zero-order chi connectivity index (χ0) is 11.0. The molecule has 1 aliphatic rings. The maximum absolute atomic E-state index is 10.00. The van der Waals surface area contributed by atoms with Gasteiger partial charge in [0.15, 0.2) is 0 Å². The Morgan fingerprint density at radius 3 is 2.14 bits per heavy atom. The van der Waals surface area contributed by atoms with E-state index in [0.29, 0.717) is 5.92 Å². The highest BCUT2D eigenvalue weighted by Crippen LogP contribution is 2.30. The lowest BCUT2D eigenvalue weighted by atomic mass is 9.83. The van der Waals surface area contributed by atoms with Crippen molar-refractivity contribution in [2.75, 3.05) is 13.1 Å². The van der Waals surface area contributed by atoms with E-state index in [1.54, 1.807) is 0 Å². The van der Waals surface area contributed by atoms with Crippen LogP contribution in [0.2, 0.25) is 0 Å². The van der Waals surface area contributed by atoms with Crippen LogP contribution in [0.1, 0.15) is 47.5 Å². The smallest absolute Gasteiger partial charge is 0.0632 e. The Bertz CT molecular complexity index is 167. The molecule has 2 heteroatoms. The van der Waals surface area contributed by atoms with E-state index in [9.17, 15) is 5.11 Å². The van der Waals surface area contributed by atoms with Crippen LogP contribution in [0.15, 0.2) is 0 Å². The molecular weight excluding hydrogens is 174 g/mol. The van der Waals surface area contributed by atoms with Crippen LogP contribution in [0, 0.1) is 5.92 Å². The molecule has 2 nitrogen and oxygen atoms in total. The minimum Gasteiger partial charge on any atom is -0.390 e. The minimum absolute atomic E-state index is 0.240. The fraction of sp³-hybridized carbons (Fsp3) is 1.00. The summed E-state index contributed by atoms with van der Waals surface area (Å²) in [5.74, 6) is 0.426. The Hall–Kier alpha value is -0.0800. The number of aliphatic hydroxyl groups is 1. The van der Waals surface area contributed by atoms with Crippen molar-refractivity contribution < 1.29 is 5.11 Å². The van der Waals surface area contributed by atoms with Gasteiger partial charge in [-0.15, -0.1) is 0 Å². The molecule has 0 bridgehead atoms. The summed E-state index contributed by atoms with van der Waals surface area (Å²) in [7, 11) is 0. The number of likely N-dealkylation sites (tertiary alicyclic amines) is 1. The van der Waals surface area contributed by atoms with Gasteiger partial charge in [0, 0.05) is 12.1 Å². The fourth-order valence-corrected chi connectivity index (χ4v) is 2.16. The molecule has 0 aromatic carbocycles. The standard InChI is InChI=1S/C12H25NO/c1-11(2,3)13-8-6-7-10(9-13)12(4,5)14/h10,14H,6-9H2,1-5H3/t10-/m0/s1. The van der Waals surface area contributed by atoms with Crippen molar-refractivity contribution in [2.45, 2.75) is 58.6 Å². The molecule has 1 rings (SSSR count). The monoisotopic (exact) mass is 199 g/mol. The van der Waals surface area contributed by atoms with Gasteiger partial charge in [-0.05, 0) is 59.9 Å². The van der Waals surface area contributed by atoms with E-state index in [4.69, 9.17) is 0 Å². The third-order valence-corrected chi connectivity index (χ3v) is 3.37. The van der Waals surface area contributed by atoms with Crippen molar-refractivity contribution in [3.8, 4) is 0 Å². The van der Waals surface area contributed by atoms with E-state index in [2.05, 4.69) is 25.7 Å². The highest BCUT2D eigenvalue weighted by atomic mass is 16.3. The SMILES string of the molecule is CC(C)(O)[C@H]1CCCN(C(C)(C)C)C1. The van der Waals surface area contributed by atoms with Gasteiger partial charge in [0.25, 0.3) is 0 Å². The van der Waals surface area contributed by atoms with Crippen LogP contribution in [0.5, 0.6) is 0 Å². The second-order valence-corrected chi connectivity index (χ2v) is 6.11. The van der Waals surface area contributed by atoms with Crippen molar-refractivity contribution in [1.29, 1.82) is 0 Å². The lowest BCUT2D eigenvalue weighted by Gasteiger charge is -2.44. The zero-order valence-electron chi connectivity index (χ0n) is 10.3. The molecule has 1 saturated heterocycles. The van der Waals surface area contributed by atoms with E-state index in [0.717, 1.165) is 13.0 Å². The van der Waals surface area contributed by atoms with Crippen LogP contribution in [0.3, 0.4) is 0 Å². The van der Waals surface area contributed by atoms with Gasteiger partial charge in [0.05, 0.1) is 5.60 Å². The van der Waals surface area contributed by atoms with Crippen LogP contribution in [-0.2, 0) is 0 Å². The van der Waals surface area contributed by atoms with Crippen molar-refractivity contribution in [3.05, 3.63) is 0 Å². The number of rotatable bonds is 1. The van der Waals surface area contributed by atoms with Crippen LogP contribution in [0.25, 0.3) is 0 Å². The number of nitrogens with zero attached hydrogens (tertiary/aromatic N) is 1. The largest absolute Gasteiger partial charge is 0.390 e. The molecule has 0 aromatic heterocycles. The van der Waals surface area contributed by atoms with Gasteiger partial charge in [0.1, 0.15) is 0 Å². The highest BCUT2D eigenvalue weighted by molar-refractivity contribution is 4.88. The molecule has 1 heterocycles. The first-order valence-corrected chi connectivity index (χ1v) is 5.68. The number of hydrogen-bond donors (Lipinski definition) is 1. The molecule has 0 spiro atoms. The van der Waals surface area contributed by atoms with E-state index < -0.39 is 5.60 Å². The maximum Gasteiger partial charge on any atom is 0.0632 e. The average molecular weight is 199 g/mol. The average Bonchev–Trinajstić information content (AvgIpc) is 2.01. The normalized spacial score (nSPS) is 26.6. The lowest BCUT2D eigenvalue weighted by Crippen LogP contribution is -2.51. The zero-order valence-corrected chi connectivity index (χ0v) is 10.3. The minimum atomic E-state index is -0.524. The van der Waals surface area contributed by atoms with Gasteiger partial charge >= 0.3 is 0 Å². The molecule has 14 heavy (non-hydrogen) atoms. The molecule has 0 saturated carbocycles. The molecular formula is C12H25NO. The van der Waals surface area contributed by atoms with E-state index in [1.807, 2.05) is 13.8 Å². The van der Waals surface area contributed by atoms with Gasteiger partial charge in [-0.25, -0.2) is 0 Å². The third-order valence-electron chi connectivity index (χ3n) is 3.37. The molecule has 0 unspecified atom stereocenters. The summed E-state index contributed by atoms with van der Waals surface area (Å²) in [5.41, 5.74) is -0.284. The Morgan fingerprint density at radius 2 is 1.71 bits per heavy atom. The summed E-state index contributed by atoms with van der Waals surface area (Å²) >= 11 is 0. The van der Waals surface area contributed by atoms with Crippen molar-refractivity contribution in [2.24, 2.45) is 5.92 Å². The molecule has 1 fully saturated rings. The van der Waals surface area contributed by atoms with E-state index in [1.165, 1.54) is 13.0 Å². The number of piperidine rings is 1. The number of hydrogen-bond acceptors (Lipinski definition) is 2. The Morgan fingerprint density at radius 1 is 1.14 bits per heavy atom. The van der Waals surface area contributed by atoms with E-state index >= 15 is 0 Å². The summed E-state index contributed by atoms with van der Waals surface area (Å²) in [4.78, 5) is 2.49. The maximum atomic E-state index is 10.00. The molecule has 0 radical (unpaired) electrons. The van der Waals surface area contributed by atoms with Gasteiger partial charge in [-0.1, -0.05) is 0 Å². The molecule has 1 N–H and O–H groups in total. The quantitative estimate of drug-likeness (QED) is 0.700. The van der Waals surface area contributed by atoms with Gasteiger partial charge in [0.2, 0.25) is 0 Å². The van der Waals surface area contributed by atoms with Crippen LogP contribution in [-0.4, -0.2) is 34.2 Å². The predicted octanol–water partition coefficient (Wildman–Crippen LogP) is 2.27. The lowest BCUT2D eigenvalue weighted by molar-refractivity contribution is -0.0366. The summed E-state index contributed by atoms with van der Waals surface area (Å²) in [6, 6.07) is 0. The summed E-state index contributed by atoms with van der Waals surface area (Å²) < 4.78 is 0. The van der Waals surface area contributed by atoms with Crippen LogP contribution < -0.4 is 0 Å². The van der Waals surface area contributed by atoms with Gasteiger partial charge < -0.3 is 5.11 Å². The molecule has 1 aliphatic heterocycles. The van der Waals surface area contributed by atoms with Crippen molar-refractivity contribution in [3.63, 3.8) is 0 Å². The van der Waals surface area contributed by atoms with Crippen LogP contribution in [0.4, 0.5) is 0 Å². The Kier molecular flexibility index (Phi) is 3.27. The predicted molar refractivity (Wildman–Crippen MR) is 60.3 cm³/mol. The first-order chi connectivity index (χ1) is 6.21. The summed E-state index contributed by atoms with van der Waals surface area (Å²) in [6.45, 7) is 12.8. The van der Waals surface area contributed by atoms with Crippen molar-refractivity contribution >= 4 is 0 Å². The molecule has 1 atom stereocenters. The molecule has 0 aromatic rings. The second kappa shape index (κ2) is 3.82. The molecule has 0 amide bonds. The summed E-state index contributed by atoms with van der Waals surface area (Å²) in [6.07, 6.45) is 2.38. The molecule has 0 aliphatic carbocycles. The van der Waals surface area contributed by atoms with Crippen molar-refractivity contribution in [1.82, 2.24) is 4.90 Å². The molecule has 84 valence electrons. The van der Waals surface area contributed by atoms with Gasteiger partial charge in [-0.2, -0.15) is 0 Å². The van der Waals surface area contributed by atoms with Gasteiger partial charge in [-0.3, -0.25) is 4.90 Å².